The van der Waals surface area contributed by atoms with E-state index in [9.17, 15) is 0 Å². The molecule has 0 aromatic heterocycles. The van der Waals surface area contributed by atoms with Gasteiger partial charge in [-0.05, 0) is 75.0 Å². The van der Waals surface area contributed by atoms with Crippen LogP contribution in [0.4, 0.5) is 5.69 Å². The molecule has 0 bridgehead atoms. The molecule has 0 saturated carbocycles. The zero-order valence-electron chi connectivity index (χ0n) is 14.6. The summed E-state index contributed by atoms with van der Waals surface area (Å²) >= 11 is 12.0. The average Bonchev–Trinajstić information content (AvgIpc) is 2.64. The first-order valence-corrected chi connectivity index (χ1v) is 9.91. The minimum absolute atomic E-state index is 0.602. The summed E-state index contributed by atoms with van der Waals surface area (Å²) in [5, 5.41) is 4.63. The van der Waals surface area contributed by atoms with Gasteiger partial charge in [-0.25, -0.2) is 0 Å². The van der Waals surface area contributed by atoms with E-state index in [0.717, 1.165) is 31.1 Å². The van der Waals surface area contributed by atoms with Crippen LogP contribution in [0.1, 0.15) is 24.8 Å². The summed E-state index contributed by atoms with van der Waals surface area (Å²) < 4.78 is 0. The highest BCUT2D eigenvalue weighted by molar-refractivity contribution is 6.42. The van der Waals surface area contributed by atoms with Gasteiger partial charge in [0.2, 0.25) is 0 Å². The maximum atomic E-state index is 6.04. The fraction of sp³-hybridized carbons (Fsp3) is 0.429. The molecule has 1 aliphatic rings. The Hall–Kier alpha value is -1.22. The van der Waals surface area contributed by atoms with Gasteiger partial charge in [0.05, 0.1) is 10.0 Å². The second-order valence-electron chi connectivity index (χ2n) is 6.88. The molecule has 0 spiro atoms. The van der Waals surface area contributed by atoms with E-state index in [0.29, 0.717) is 10.0 Å². The average molecular weight is 377 g/mol. The molecule has 4 heteroatoms. The van der Waals surface area contributed by atoms with Gasteiger partial charge in [-0.3, -0.25) is 0 Å². The van der Waals surface area contributed by atoms with Gasteiger partial charge in [-0.2, -0.15) is 0 Å². The molecule has 1 N–H and O–H groups in total. The number of nitrogens with one attached hydrogen (secondary N) is 1. The second kappa shape index (κ2) is 9.47. The summed E-state index contributed by atoms with van der Waals surface area (Å²) in [6.07, 6.45) is 5.00. The zero-order chi connectivity index (χ0) is 17.5. The monoisotopic (exact) mass is 376 g/mol. The molecule has 2 aromatic carbocycles. The molecule has 2 aromatic rings. The van der Waals surface area contributed by atoms with Crippen LogP contribution in [0, 0.1) is 5.92 Å². The van der Waals surface area contributed by atoms with E-state index in [1.807, 2.05) is 18.2 Å². The van der Waals surface area contributed by atoms with Crippen LogP contribution >= 0.6 is 23.2 Å². The highest BCUT2D eigenvalue weighted by atomic mass is 35.5. The first kappa shape index (κ1) is 18.6. The van der Waals surface area contributed by atoms with Crippen molar-refractivity contribution in [2.75, 3.05) is 31.5 Å². The fourth-order valence-corrected chi connectivity index (χ4v) is 3.80. The van der Waals surface area contributed by atoms with Crippen LogP contribution in [-0.2, 0) is 6.42 Å². The third-order valence-corrected chi connectivity index (χ3v) is 5.71. The van der Waals surface area contributed by atoms with Gasteiger partial charge >= 0.3 is 0 Å². The normalized spacial score (nSPS) is 16.1. The SMILES string of the molecule is Clc1ccc(NCCCN2CCC(Cc3ccccc3)CC2)cc1Cl. The fourth-order valence-electron chi connectivity index (χ4n) is 3.50. The van der Waals surface area contributed by atoms with E-state index in [1.54, 1.807) is 0 Å². The molecular formula is C21H26Cl2N2. The standard InChI is InChI=1S/C21H26Cl2N2/c22-20-8-7-19(16-21(20)23)24-11-4-12-25-13-9-18(10-14-25)15-17-5-2-1-3-6-17/h1-3,5-8,16,18,24H,4,9-15H2. The molecule has 3 rings (SSSR count). The Morgan fingerprint density at radius 1 is 0.960 bits per heavy atom. The molecule has 0 aliphatic carbocycles. The van der Waals surface area contributed by atoms with E-state index in [2.05, 4.69) is 40.5 Å². The third-order valence-electron chi connectivity index (χ3n) is 4.97. The lowest BCUT2D eigenvalue weighted by Gasteiger charge is -2.32. The van der Waals surface area contributed by atoms with E-state index >= 15 is 0 Å². The third kappa shape index (κ3) is 5.91. The lowest BCUT2D eigenvalue weighted by atomic mass is 9.90. The Bertz CT molecular complexity index is 652. The van der Waals surface area contributed by atoms with Gasteiger partial charge in [-0.1, -0.05) is 53.5 Å². The molecule has 1 fully saturated rings. The smallest absolute Gasteiger partial charge is 0.0612 e. The summed E-state index contributed by atoms with van der Waals surface area (Å²) in [7, 11) is 0. The van der Waals surface area contributed by atoms with Gasteiger partial charge in [0.1, 0.15) is 0 Å². The minimum atomic E-state index is 0.602. The predicted octanol–water partition coefficient (Wildman–Crippen LogP) is 5.75. The van der Waals surface area contributed by atoms with Gasteiger partial charge in [0.15, 0.2) is 0 Å². The largest absolute Gasteiger partial charge is 0.385 e. The van der Waals surface area contributed by atoms with Crippen LogP contribution in [-0.4, -0.2) is 31.1 Å². The Morgan fingerprint density at radius 3 is 2.44 bits per heavy atom. The number of hydrogen-bond donors (Lipinski definition) is 1. The molecule has 1 aliphatic heterocycles. The molecule has 0 amide bonds. The van der Waals surface area contributed by atoms with Gasteiger partial charge in [0.25, 0.3) is 0 Å². The molecule has 0 radical (unpaired) electrons. The minimum Gasteiger partial charge on any atom is -0.385 e. The van der Waals surface area contributed by atoms with Crippen molar-refractivity contribution in [3.05, 3.63) is 64.1 Å². The van der Waals surface area contributed by atoms with Crippen LogP contribution < -0.4 is 5.32 Å². The van der Waals surface area contributed by atoms with Crippen LogP contribution in [0.15, 0.2) is 48.5 Å². The van der Waals surface area contributed by atoms with E-state index in [1.165, 1.54) is 37.9 Å². The van der Waals surface area contributed by atoms with Crippen molar-refractivity contribution < 1.29 is 0 Å². The summed E-state index contributed by atoms with van der Waals surface area (Å²) in [4.78, 5) is 2.60. The van der Waals surface area contributed by atoms with Crippen molar-refractivity contribution in [2.24, 2.45) is 5.92 Å². The number of likely N-dealkylation sites (tertiary alicyclic amines) is 1. The molecule has 1 heterocycles. The Labute approximate surface area is 161 Å². The van der Waals surface area contributed by atoms with Gasteiger partial charge < -0.3 is 10.2 Å². The predicted molar refractivity (Wildman–Crippen MR) is 109 cm³/mol. The van der Waals surface area contributed by atoms with Crippen LogP contribution in [0.3, 0.4) is 0 Å². The quantitative estimate of drug-likeness (QED) is 0.618. The Balaban J connectivity index is 1.32. The van der Waals surface area contributed by atoms with Crippen molar-refractivity contribution in [3.8, 4) is 0 Å². The summed E-state index contributed by atoms with van der Waals surface area (Å²) in [5.74, 6) is 0.841. The number of halogens is 2. The van der Waals surface area contributed by atoms with E-state index < -0.39 is 0 Å². The van der Waals surface area contributed by atoms with Gasteiger partial charge in [-0.15, -0.1) is 0 Å². The number of piperidine rings is 1. The first-order valence-electron chi connectivity index (χ1n) is 9.16. The maximum absolute atomic E-state index is 6.04. The van der Waals surface area contributed by atoms with Crippen molar-refractivity contribution in [2.45, 2.75) is 25.7 Å². The molecular weight excluding hydrogens is 351 g/mol. The lowest BCUT2D eigenvalue weighted by Crippen LogP contribution is -2.35. The van der Waals surface area contributed by atoms with Crippen molar-refractivity contribution >= 4 is 28.9 Å². The zero-order valence-corrected chi connectivity index (χ0v) is 16.1. The molecule has 0 atom stereocenters. The van der Waals surface area contributed by atoms with E-state index in [4.69, 9.17) is 23.2 Å². The van der Waals surface area contributed by atoms with Crippen molar-refractivity contribution in [1.82, 2.24) is 4.90 Å². The van der Waals surface area contributed by atoms with Gasteiger partial charge in [0, 0.05) is 12.2 Å². The summed E-state index contributed by atoms with van der Waals surface area (Å²) in [6.45, 7) is 4.57. The number of rotatable bonds is 7. The number of nitrogens with zero attached hydrogens (tertiary/aromatic N) is 1. The Morgan fingerprint density at radius 2 is 1.72 bits per heavy atom. The lowest BCUT2D eigenvalue weighted by molar-refractivity contribution is 0.183. The molecule has 1 saturated heterocycles. The van der Waals surface area contributed by atoms with Crippen LogP contribution in [0.2, 0.25) is 10.0 Å². The molecule has 0 unspecified atom stereocenters. The van der Waals surface area contributed by atoms with Crippen molar-refractivity contribution in [3.63, 3.8) is 0 Å². The highest BCUT2D eigenvalue weighted by Crippen LogP contribution is 2.25. The molecule has 25 heavy (non-hydrogen) atoms. The summed E-state index contributed by atoms with van der Waals surface area (Å²) in [6, 6.07) is 16.6. The number of anilines is 1. The number of hydrogen-bond acceptors (Lipinski definition) is 2. The topological polar surface area (TPSA) is 15.3 Å². The maximum Gasteiger partial charge on any atom is 0.0612 e. The Kier molecular flexibility index (Phi) is 7.03. The van der Waals surface area contributed by atoms with Crippen molar-refractivity contribution in [1.29, 1.82) is 0 Å². The molecule has 134 valence electrons. The summed E-state index contributed by atoms with van der Waals surface area (Å²) in [5.41, 5.74) is 2.52. The second-order valence-corrected chi connectivity index (χ2v) is 7.70. The van der Waals surface area contributed by atoms with E-state index in [-0.39, 0.29) is 0 Å². The highest BCUT2D eigenvalue weighted by Gasteiger charge is 2.18. The first-order chi connectivity index (χ1) is 12.2. The van der Waals surface area contributed by atoms with Crippen LogP contribution in [0.25, 0.3) is 0 Å². The molecule has 2 nitrogen and oxygen atoms in total. The van der Waals surface area contributed by atoms with Crippen LogP contribution in [0.5, 0.6) is 0 Å². The number of benzene rings is 2.